The molecule has 1 aliphatic heterocycles. The topological polar surface area (TPSA) is 29.5 Å². The Labute approximate surface area is 135 Å². The van der Waals surface area contributed by atoms with Crippen molar-refractivity contribution >= 4 is 11.6 Å². The van der Waals surface area contributed by atoms with Crippen LogP contribution in [0.1, 0.15) is 36.2 Å². The average molecular weight is 313 g/mol. The number of nitrogens with zero attached hydrogens (tertiary/aromatic N) is 1. The van der Waals surface area contributed by atoms with Crippen LogP contribution in [0.4, 0.5) is 10.1 Å². The molecule has 1 amide bonds. The van der Waals surface area contributed by atoms with Crippen LogP contribution in [0.25, 0.3) is 0 Å². The maximum Gasteiger partial charge on any atom is 0.258 e. The Kier molecular flexibility index (Phi) is 4.33. The Morgan fingerprint density at radius 1 is 1.26 bits per heavy atom. The fraction of sp³-hybridized carbons (Fsp3) is 0.316. The molecule has 3 nitrogen and oxygen atoms in total. The van der Waals surface area contributed by atoms with Gasteiger partial charge in [-0.05, 0) is 74.7 Å². The minimum Gasteiger partial charge on any atom is -0.494 e. The molecule has 0 N–H and O–H groups in total. The van der Waals surface area contributed by atoms with Crippen LogP contribution in [-0.4, -0.2) is 18.6 Å². The number of benzene rings is 2. The van der Waals surface area contributed by atoms with Crippen molar-refractivity contribution in [3.8, 4) is 5.75 Å². The van der Waals surface area contributed by atoms with Gasteiger partial charge in [0.1, 0.15) is 11.6 Å². The molecular formula is C19H20FNO2. The number of halogens is 1. The summed E-state index contributed by atoms with van der Waals surface area (Å²) in [5, 5.41) is 0. The molecule has 0 aromatic heterocycles. The summed E-state index contributed by atoms with van der Waals surface area (Å²) in [6.07, 6.45) is 1.63. The van der Waals surface area contributed by atoms with Crippen molar-refractivity contribution in [1.82, 2.24) is 0 Å². The fourth-order valence-electron chi connectivity index (χ4n) is 3.03. The fourth-order valence-corrected chi connectivity index (χ4v) is 3.03. The van der Waals surface area contributed by atoms with Crippen LogP contribution in [0.15, 0.2) is 42.5 Å². The van der Waals surface area contributed by atoms with Gasteiger partial charge in [0.2, 0.25) is 0 Å². The molecule has 23 heavy (non-hydrogen) atoms. The number of rotatable bonds is 3. The average Bonchev–Trinajstić information content (AvgIpc) is 2.55. The molecule has 0 radical (unpaired) electrons. The maximum absolute atomic E-state index is 13.4. The van der Waals surface area contributed by atoms with E-state index in [9.17, 15) is 9.18 Å². The number of aryl methyl sites for hydroxylation is 1. The van der Waals surface area contributed by atoms with Crippen LogP contribution in [0.2, 0.25) is 0 Å². The molecule has 3 rings (SSSR count). The monoisotopic (exact) mass is 313 g/mol. The Bertz CT molecular complexity index is 712. The summed E-state index contributed by atoms with van der Waals surface area (Å²) < 4.78 is 18.9. The van der Waals surface area contributed by atoms with E-state index in [1.807, 2.05) is 13.8 Å². The van der Waals surface area contributed by atoms with Gasteiger partial charge >= 0.3 is 0 Å². The summed E-state index contributed by atoms with van der Waals surface area (Å²) in [4.78, 5) is 14.7. The van der Waals surface area contributed by atoms with E-state index >= 15 is 0 Å². The van der Waals surface area contributed by atoms with Gasteiger partial charge in [-0.2, -0.15) is 0 Å². The van der Waals surface area contributed by atoms with Crippen molar-refractivity contribution in [1.29, 1.82) is 0 Å². The zero-order valence-corrected chi connectivity index (χ0v) is 13.4. The van der Waals surface area contributed by atoms with E-state index in [0.29, 0.717) is 12.2 Å². The molecule has 120 valence electrons. The second-order valence-corrected chi connectivity index (χ2v) is 5.79. The Hall–Kier alpha value is -2.36. The highest BCUT2D eigenvalue weighted by atomic mass is 19.1. The lowest BCUT2D eigenvalue weighted by Crippen LogP contribution is -2.42. The lowest BCUT2D eigenvalue weighted by molar-refractivity contribution is 0.0975. The van der Waals surface area contributed by atoms with Gasteiger partial charge in [0.15, 0.2) is 0 Å². The summed E-state index contributed by atoms with van der Waals surface area (Å²) in [5.41, 5.74) is 2.31. The lowest BCUT2D eigenvalue weighted by Gasteiger charge is -2.35. The second-order valence-electron chi connectivity index (χ2n) is 5.79. The highest BCUT2D eigenvalue weighted by molar-refractivity contribution is 6.07. The summed E-state index contributed by atoms with van der Waals surface area (Å²) in [6.45, 7) is 4.54. The molecule has 1 atom stereocenters. The number of amides is 1. The summed E-state index contributed by atoms with van der Waals surface area (Å²) in [5.74, 6) is 0.429. The van der Waals surface area contributed by atoms with Crippen LogP contribution < -0.4 is 9.64 Å². The summed E-state index contributed by atoms with van der Waals surface area (Å²) in [7, 11) is 0. The molecule has 4 heteroatoms. The number of carbonyl (C=O) groups is 1. The molecule has 2 aromatic rings. The van der Waals surface area contributed by atoms with Gasteiger partial charge in [0.05, 0.1) is 6.61 Å². The number of ether oxygens (including phenoxy) is 1. The van der Waals surface area contributed by atoms with Gasteiger partial charge in [-0.15, -0.1) is 0 Å². The maximum atomic E-state index is 13.4. The van der Waals surface area contributed by atoms with E-state index in [-0.39, 0.29) is 17.8 Å². The highest BCUT2D eigenvalue weighted by Gasteiger charge is 2.29. The van der Waals surface area contributed by atoms with Crippen LogP contribution in [0.5, 0.6) is 5.75 Å². The molecule has 0 aliphatic carbocycles. The number of hydrogen-bond donors (Lipinski definition) is 0. The smallest absolute Gasteiger partial charge is 0.258 e. The first-order chi connectivity index (χ1) is 11.1. The first kappa shape index (κ1) is 15.5. The van der Waals surface area contributed by atoms with Crippen LogP contribution >= 0.6 is 0 Å². The van der Waals surface area contributed by atoms with E-state index < -0.39 is 0 Å². The molecular weight excluding hydrogens is 293 g/mol. The van der Waals surface area contributed by atoms with Gasteiger partial charge < -0.3 is 9.64 Å². The van der Waals surface area contributed by atoms with E-state index in [1.54, 1.807) is 35.2 Å². The second kappa shape index (κ2) is 6.41. The molecule has 1 unspecified atom stereocenters. The Morgan fingerprint density at radius 2 is 2.00 bits per heavy atom. The van der Waals surface area contributed by atoms with Crippen LogP contribution in [0.3, 0.4) is 0 Å². The molecule has 0 saturated heterocycles. The summed E-state index contributed by atoms with van der Waals surface area (Å²) >= 11 is 0. The minimum absolute atomic E-state index is 0.0619. The van der Waals surface area contributed by atoms with Gasteiger partial charge in [-0.25, -0.2) is 4.39 Å². The molecule has 0 fully saturated rings. The minimum atomic E-state index is -0.258. The van der Waals surface area contributed by atoms with Crippen molar-refractivity contribution in [2.75, 3.05) is 11.5 Å². The molecule has 0 bridgehead atoms. The van der Waals surface area contributed by atoms with Crippen molar-refractivity contribution in [2.24, 2.45) is 0 Å². The normalized spacial score (nSPS) is 16.8. The van der Waals surface area contributed by atoms with E-state index in [2.05, 4.69) is 0 Å². The third kappa shape index (κ3) is 3.07. The molecule has 0 spiro atoms. The SMILES string of the molecule is CCOc1ccc(C(=O)N2c3ccc(F)cc3CCC2C)cc1. The predicted octanol–water partition coefficient (Wildman–Crippen LogP) is 4.21. The Balaban J connectivity index is 1.92. The van der Waals surface area contributed by atoms with E-state index in [4.69, 9.17) is 4.74 Å². The van der Waals surface area contributed by atoms with Crippen molar-refractivity contribution in [2.45, 2.75) is 32.7 Å². The largest absolute Gasteiger partial charge is 0.494 e. The van der Waals surface area contributed by atoms with Gasteiger partial charge in [-0.1, -0.05) is 0 Å². The van der Waals surface area contributed by atoms with Crippen molar-refractivity contribution < 1.29 is 13.9 Å². The molecule has 0 saturated carbocycles. The number of hydrogen-bond acceptors (Lipinski definition) is 2. The first-order valence-electron chi connectivity index (χ1n) is 7.95. The standard InChI is InChI=1S/C19H20FNO2/c1-3-23-17-9-6-14(7-10-17)19(22)21-13(2)4-5-15-12-16(20)8-11-18(15)21/h6-13H,3-5H2,1-2H3. The van der Waals surface area contributed by atoms with E-state index in [1.165, 1.54) is 12.1 Å². The van der Waals surface area contributed by atoms with Crippen molar-refractivity contribution in [3.05, 3.63) is 59.4 Å². The summed E-state index contributed by atoms with van der Waals surface area (Å²) in [6, 6.07) is 11.9. The number of fused-ring (bicyclic) bond motifs is 1. The van der Waals surface area contributed by atoms with Gasteiger partial charge in [0, 0.05) is 17.3 Å². The lowest BCUT2D eigenvalue weighted by atomic mass is 9.95. The quantitative estimate of drug-likeness (QED) is 0.849. The van der Waals surface area contributed by atoms with E-state index in [0.717, 1.165) is 29.8 Å². The zero-order chi connectivity index (χ0) is 16.4. The predicted molar refractivity (Wildman–Crippen MR) is 88.6 cm³/mol. The Morgan fingerprint density at radius 3 is 2.70 bits per heavy atom. The number of anilines is 1. The zero-order valence-electron chi connectivity index (χ0n) is 13.4. The third-order valence-electron chi connectivity index (χ3n) is 4.20. The first-order valence-corrected chi connectivity index (χ1v) is 7.95. The number of carbonyl (C=O) groups excluding carboxylic acids is 1. The third-order valence-corrected chi connectivity index (χ3v) is 4.20. The van der Waals surface area contributed by atoms with Crippen LogP contribution in [0, 0.1) is 5.82 Å². The van der Waals surface area contributed by atoms with Gasteiger partial charge in [-0.3, -0.25) is 4.79 Å². The van der Waals surface area contributed by atoms with Gasteiger partial charge in [0.25, 0.3) is 5.91 Å². The highest BCUT2D eigenvalue weighted by Crippen LogP contribution is 2.32. The molecule has 1 aliphatic rings. The molecule has 1 heterocycles. The molecule has 2 aromatic carbocycles. The van der Waals surface area contributed by atoms with Crippen LogP contribution in [-0.2, 0) is 6.42 Å². The van der Waals surface area contributed by atoms with Crippen molar-refractivity contribution in [3.63, 3.8) is 0 Å².